The van der Waals surface area contributed by atoms with Crippen LogP contribution in [0, 0.1) is 0 Å². The predicted molar refractivity (Wildman–Crippen MR) is 54.1 cm³/mol. The molecule has 1 saturated heterocycles. The van der Waals surface area contributed by atoms with Gasteiger partial charge in [-0.1, -0.05) is 0 Å². The molecular weight excluding hydrogens is 174 g/mol. The molecule has 0 amide bonds. The summed E-state index contributed by atoms with van der Waals surface area (Å²) < 4.78 is 7.76. The summed E-state index contributed by atoms with van der Waals surface area (Å²) in [4.78, 5) is 0. The zero-order valence-corrected chi connectivity index (χ0v) is 12.5. The first-order chi connectivity index (χ1) is 4.63. The van der Waals surface area contributed by atoms with Crippen LogP contribution in [-0.2, 0) is 0 Å². The molecule has 0 radical (unpaired) electrons. The first kappa shape index (κ1) is 8.63. The molecule has 1 aliphatic heterocycles. The molecule has 0 aliphatic carbocycles. The summed E-state index contributed by atoms with van der Waals surface area (Å²) in [6.07, 6.45) is 0. The van der Waals surface area contributed by atoms with Crippen molar-refractivity contribution in [1.29, 1.82) is 0 Å². The maximum Gasteiger partial charge on any atom is 0.257 e. The Labute approximate surface area is 70.8 Å². The average molecular weight is 191 g/mol. The molecular formula is C4H17N3Si3. The molecule has 6 heteroatoms. The summed E-state index contributed by atoms with van der Waals surface area (Å²) in [5.74, 6) is 0. The molecule has 0 atom stereocenters. The molecule has 3 nitrogen and oxygen atoms in total. The van der Waals surface area contributed by atoms with E-state index in [0.29, 0.717) is 0 Å². The van der Waals surface area contributed by atoms with Gasteiger partial charge in [-0.25, -0.2) is 0 Å². The lowest BCUT2D eigenvalue weighted by Gasteiger charge is -2.29. The highest BCUT2D eigenvalue weighted by Crippen LogP contribution is 2.05. The standard InChI is InChI=1S/C4H17N3Si3/c1-5-3-4-6(2)10(5)7(8)9/h10H,3-4H2,1-2,8-9H3. The molecule has 0 unspecified atom stereocenters. The van der Waals surface area contributed by atoms with Crippen molar-refractivity contribution in [3.05, 3.63) is 0 Å². The summed E-state index contributed by atoms with van der Waals surface area (Å²) in [5.41, 5.74) is 0. The first-order valence-corrected chi connectivity index (χ1v) is 7.03. The van der Waals surface area contributed by atoms with Crippen molar-refractivity contribution >= 4 is 30.1 Å². The topological polar surface area (TPSA) is 9.72 Å². The molecule has 0 bridgehead atoms. The molecule has 0 aromatic heterocycles. The van der Waals surface area contributed by atoms with Gasteiger partial charge in [-0.15, -0.1) is 0 Å². The molecule has 1 rings (SSSR count). The summed E-state index contributed by atoms with van der Waals surface area (Å²) in [5, 5.41) is 0. The van der Waals surface area contributed by atoms with Crippen LogP contribution in [0.2, 0.25) is 0 Å². The minimum atomic E-state index is -0.719. The fraction of sp³-hybridized carbons (Fsp3) is 1.00. The highest BCUT2D eigenvalue weighted by atomic mass is 28.4. The monoisotopic (exact) mass is 191 g/mol. The molecule has 60 valence electrons. The Morgan fingerprint density at radius 3 is 1.80 bits per heavy atom. The van der Waals surface area contributed by atoms with E-state index in [1.807, 2.05) is 0 Å². The van der Waals surface area contributed by atoms with Crippen molar-refractivity contribution in [2.24, 2.45) is 0 Å². The Morgan fingerprint density at radius 2 is 1.60 bits per heavy atom. The maximum atomic E-state index is 2.65. The van der Waals surface area contributed by atoms with Crippen LogP contribution < -0.4 is 0 Å². The van der Waals surface area contributed by atoms with Gasteiger partial charge in [0.15, 0.2) is 0 Å². The SMILES string of the molecule is CN1CCN(C)[SiH]1N([SiH3])[SiH3]. The molecule has 0 aromatic carbocycles. The smallest absolute Gasteiger partial charge is 0.257 e. The Hall–Kier alpha value is 0.531. The zero-order valence-electron chi connectivity index (χ0n) is 7.33. The van der Waals surface area contributed by atoms with Crippen LogP contribution in [0.3, 0.4) is 0 Å². The average Bonchev–Trinajstić information content (AvgIpc) is 2.11. The lowest BCUT2D eigenvalue weighted by atomic mass is 10.6. The van der Waals surface area contributed by atoms with Gasteiger partial charge >= 0.3 is 0 Å². The van der Waals surface area contributed by atoms with Crippen molar-refractivity contribution < 1.29 is 0 Å². The van der Waals surface area contributed by atoms with E-state index in [2.05, 4.69) is 27.1 Å². The summed E-state index contributed by atoms with van der Waals surface area (Å²) in [6.45, 7) is 2.57. The molecule has 0 spiro atoms. The van der Waals surface area contributed by atoms with Crippen molar-refractivity contribution in [1.82, 2.24) is 13.0 Å². The van der Waals surface area contributed by atoms with Gasteiger partial charge in [-0.3, -0.25) is 0 Å². The summed E-state index contributed by atoms with van der Waals surface area (Å²) in [7, 11) is 6.34. The Morgan fingerprint density at radius 1 is 1.20 bits per heavy atom. The van der Waals surface area contributed by atoms with E-state index in [1.165, 1.54) is 33.9 Å². The van der Waals surface area contributed by atoms with Gasteiger partial charge in [-0.2, -0.15) is 0 Å². The molecule has 0 saturated carbocycles. The van der Waals surface area contributed by atoms with Gasteiger partial charge in [0, 0.05) is 13.1 Å². The van der Waals surface area contributed by atoms with Gasteiger partial charge in [0.2, 0.25) is 0 Å². The second-order valence-corrected chi connectivity index (χ2v) is 13.4. The van der Waals surface area contributed by atoms with Crippen LogP contribution in [0.25, 0.3) is 0 Å². The van der Waals surface area contributed by atoms with Gasteiger partial charge in [0.05, 0.1) is 20.8 Å². The summed E-state index contributed by atoms with van der Waals surface area (Å²) in [6, 6.07) is 0. The van der Waals surface area contributed by atoms with Gasteiger partial charge < -0.3 is 13.0 Å². The van der Waals surface area contributed by atoms with Crippen molar-refractivity contribution in [3.8, 4) is 0 Å². The predicted octanol–water partition coefficient (Wildman–Crippen LogP) is -3.56. The third-order valence-corrected chi connectivity index (χ3v) is 7.84. The minimum absolute atomic E-state index is 0.719. The van der Waals surface area contributed by atoms with E-state index >= 15 is 0 Å². The lowest BCUT2D eigenvalue weighted by Crippen LogP contribution is -2.52. The van der Waals surface area contributed by atoms with Crippen molar-refractivity contribution in [3.63, 3.8) is 0 Å². The fourth-order valence-electron chi connectivity index (χ4n) is 1.67. The number of rotatable bonds is 1. The van der Waals surface area contributed by atoms with Gasteiger partial charge in [-0.05, 0) is 14.1 Å². The van der Waals surface area contributed by atoms with E-state index in [0.717, 1.165) is 0 Å². The molecule has 0 aromatic rings. The van der Waals surface area contributed by atoms with Crippen molar-refractivity contribution in [2.45, 2.75) is 0 Å². The number of hydrogen-bond acceptors (Lipinski definition) is 3. The Balaban J connectivity index is 2.54. The minimum Gasteiger partial charge on any atom is -0.361 e. The highest BCUT2D eigenvalue weighted by Gasteiger charge is 2.29. The molecule has 1 aliphatic rings. The second-order valence-electron chi connectivity index (χ2n) is 3.27. The third kappa shape index (κ3) is 1.57. The first-order valence-electron chi connectivity index (χ1n) is 3.70. The van der Waals surface area contributed by atoms with Crippen LogP contribution in [-0.4, -0.2) is 70.3 Å². The number of hydrogen-bond donors (Lipinski definition) is 0. The van der Waals surface area contributed by atoms with Crippen LogP contribution in [0.4, 0.5) is 0 Å². The fourth-order valence-corrected chi connectivity index (χ4v) is 9.35. The Bertz CT molecular complexity index is 110. The quantitative estimate of drug-likeness (QED) is 0.397. The van der Waals surface area contributed by atoms with E-state index in [-0.39, 0.29) is 0 Å². The van der Waals surface area contributed by atoms with Crippen LogP contribution >= 0.6 is 0 Å². The van der Waals surface area contributed by atoms with E-state index < -0.39 is 9.28 Å². The lowest BCUT2D eigenvalue weighted by molar-refractivity contribution is 0.553. The van der Waals surface area contributed by atoms with Crippen molar-refractivity contribution in [2.75, 3.05) is 27.2 Å². The summed E-state index contributed by atoms with van der Waals surface area (Å²) >= 11 is 0. The van der Waals surface area contributed by atoms with Crippen LogP contribution in [0.15, 0.2) is 0 Å². The van der Waals surface area contributed by atoms with Crippen LogP contribution in [0.1, 0.15) is 0 Å². The largest absolute Gasteiger partial charge is 0.361 e. The molecule has 10 heavy (non-hydrogen) atoms. The van der Waals surface area contributed by atoms with E-state index in [1.54, 1.807) is 0 Å². The number of nitrogens with zero attached hydrogens (tertiary/aromatic N) is 3. The molecule has 0 N–H and O–H groups in total. The molecule has 1 heterocycles. The van der Waals surface area contributed by atoms with E-state index in [4.69, 9.17) is 0 Å². The van der Waals surface area contributed by atoms with Crippen LogP contribution in [0.5, 0.6) is 0 Å². The molecule has 1 fully saturated rings. The van der Waals surface area contributed by atoms with Gasteiger partial charge in [0.1, 0.15) is 0 Å². The second kappa shape index (κ2) is 3.28. The normalized spacial score (nSPS) is 25.5. The van der Waals surface area contributed by atoms with E-state index in [9.17, 15) is 0 Å². The zero-order chi connectivity index (χ0) is 7.72. The van der Waals surface area contributed by atoms with Gasteiger partial charge in [0.25, 0.3) is 9.28 Å². The maximum absolute atomic E-state index is 2.65. The highest BCUT2D eigenvalue weighted by molar-refractivity contribution is 6.63. The third-order valence-electron chi connectivity index (χ3n) is 2.06. The number of likely N-dealkylation sites (N-methyl/N-ethyl adjacent to an activating group) is 2. The Kier molecular flexibility index (Phi) is 2.83.